The summed E-state index contributed by atoms with van der Waals surface area (Å²) in [6.45, 7) is -0.225. The van der Waals surface area contributed by atoms with Gasteiger partial charge in [-0.25, -0.2) is 9.78 Å². The van der Waals surface area contributed by atoms with Crippen LogP contribution in [0, 0.1) is 0 Å². The number of nitrogens with zero attached hydrogens (tertiary/aromatic N) is 2. The summed E-state index contributed by atoms with van der Waals surface area (Å²) in [5.74, 6) is -0.693. The summed E-state index contributed by atoms with van der Waals surface area (Å²) in [4.78, 5) is 30.3. The first-order valence-corrected chi connectivity index (χ1v) is 9.88. The van der Waals surface area contributed by atoms with E-state index in [-0.39, 0.29) is 24.2 Å². The minimum absolute atomic E-state index is 0.150. The number of hydrogen-bond donors (Lipinski definition) is 0. The minimum Gasteiger partial charge on any atom is -0.451 e. The van der Waals surface area contributed by atoms with Crippen molar-refractivity contribution >= 4 is 34.6 Å². The van der Waals surface area contributed by atoms with Crippen molar-refractivity contribution in [2.75, 3.05) is 13.7 Å². The van der Waals surface area contributed by atoms with Crippen LogP contribution in [0.1, 0.15) is 42.6 Å². The quantitative estimate of drug-likeness (QED) is 0.757. The summed E-state index contributed by atoms with van der Waals surface area (Å²) in [6, 6.07) is 2.23. The molecule has 7 heteroatoms. The lowest BCUT2D eigenvalue weighted by atomic mass is 9.94. The molecule has 0 unspecified atom stereocenters. The highest BCUT2D eigenvalue weighted by Crippen LogP contribution is 2.26. The van der Waals surface area contributed by atoms with Crippen LogP contribution in [0.2, 0.25) is 0 Å². The summed E-state index contributed by atoms with van der Waals surface area (Å²) in [5.41, 5.74) is 1.26. The fourth-order valence-corrected chi connectivity index (χ4v) is 4.36. The smallest absolute Gasteiger partial charge is 0.358 e. The summed E-state index contributed by atoms with van der Waals surface area (Å²) < 4.78 is 5.15. The second-order valence-corrected chi connectivity index (χ2v) is 7.56. The second-order valence-electron chi connectivity index (χ2n) is 5.92. The predicted octanol–water partition coefficient (Wildman–Crippen LogP) is 3.82. The predicted molar refractivity (Wildman–Crippen MR) is 95.4 cm³/mol. The molecule has 0 saturated heterocycles. The molecular formula is C17H20N2O3S2. The molecule has 0 radical (unpaired) electrons. The van der Waals surface area contributed by atoms with Gasteiger partial charge in [-0.05, 0) is 24.3 Å². The summed E-state index contributed by atoms with van der Waals surface area (Å²) in [6.07, 6.45) is 5.63. The average molecular weight is 364 g/mol. The molecule has 24 heavy (non-hydrogen) atoms. The minimum atomic E-state index is -0.543. The molecule has 1 aliphatic rings. The van der Waals surface area contributed by atoms with E-state index in [9.17, 15) is 9.59 Å². The van der Waals surface area contributed by atoms with E-state index in [0.29, 0.717) is 0 Å². The van der Waals surface area contributed by atoms with Gasteiger partial charge in [0.05, 0.1) is 0 Å². The maximum Gasteiger partial charge on any atom is 0.358 e. The van der Waals surface area contributed by atoms with Gasteiger partial charge >= 0.3 is 5.97 Å². The molecule has 0 atom stereocenters. The van der Waals surface area contributed by atoms with Crippen molar-refractivity contribution < 1.29 is 14.3 Å². The van der Waals surface area contributed by atoms with Crippen molar-refractivity contribution in [3.8, 4) is 10.6 Å². The molecule has 1 saturated carbocycles. The molecule has 0 aliphatic heterocycles. The van der Waals surface area contributed by atoms with Gasteiger partial charge in [0.2, 0.25) is 0 Å². The third kappa shape index (κ3) is 4.02. The zero-order valence-corrected chi connectivity index (χ0v) is 15.2. The molecule has 2 aromatic heterocycles. The Labute approximate surface area is 149 Å². The highest BCUT2D eigenvalue weighted by Gasteiger charge is 2.23. The van der Waals surface area contributed by atoms with Crippen LogP contribution in [-0.4, -0.2) is 41.5 Å². The first-order chi connectivity index (χ1) is 11.6. The number of aromatic nitrogens is 1. The third-order valence-corrected chi connectivity index (χ3v) is 5.90. The van der Waals surface area contributed by atoms with Gasteiger partial charge in [-0.3, -0.25) is 4.79 Å². The van der Waals surface area contributed by atoms with Crippen LogP contribution in [0.3, 0.4) is 0 Å². The van der Waals surface area contributed by atoms with Crippen molar-refractivity contribution in [3.63, 3.8) is 0 Å². The van der Waals surface area contributed by atoms with E-state index >= 15 is 0 Å². The molecule has 128 valence electrons. The Morgan fingerprint density at radius 2 is 2.08 bits per heavy atom. The Kier molecular flexibility index (Phi) is 5.63. The maximum atomic E-state index is 12.2. The zero-order valence-electron chi connectivity index (χ0n) is 13.6. The Balaban J connectivity index is 1.52. The number of ether oxygens (including phenoxy) is 1. The fraction of sp³-hybridized carbons (Fsp3) is 0.471. The molecule has 1 fully saturated rings. The van der Waals surface area contributed by atoms with Gasteiger partial charge in [0.25, 0.3) is 5.91 Å². The highest BCUT2D eigenvalue weighted by molar-refractivity contribution is 7.14. The number of thiophene rings is 1. The molecule has 2 aromatic rings. The van der Waals surface area contributed by atoms with Crippen LogP contribution in [-0.2, 0) is 9.53 Å². The van der Waals surface area contributed by atoms with Gasteiger partial charge in [-0.1, -0.05) is 19.3 Å². The van der Waals surface area contributed by atoms with Crippen LogP contribution in [0.5, 0.6) is 0 Å². The summed E-state index contributed by atoms with van der Waals surface area (Å²) in [5, 5.41) is 6.41. The Bertz CT molecular complexity index is 691. The first-order valence-electron chi connectivity index (χ1n) is 8.06. The van der Waals surface area contributed by atoms with Crippen LogP contribution >= 0.6 is 22.7 Å². The van der Waals surface area contributed by atoms with E-state index in [0.717, 1.165) is 36.3 Å². The van der Waals surface area contributed by atoms with Crippen LogP contribution in [0.4, 0.5) is 0 Å². The molecule has 0 spiro atoms. The van der Waals surface area contributed by atoms with E-state index in [2.05, 4.69) is 4.98 Å². The largest absolute Gasteiger partial charge is 0.451 e. The van der Waals surface area contributed by atoms with Gasteiger partial charge in [0, 0.05) is 29.4 Å². The van der Waals surface area contributed by atoms with E-state index in [4.69, 9.17) is 4.74 Å². The number of amides is 1. The zero-order chi connectivity index (χ0) is 16.9. The van der Waals surface area contributed by atoms with Crippen molar-refractivity contribution in [3.05, 3.63) is 27.9 Å². The number of thiazole rings is 1. The van der Waals surface area contributed by atoms with E-state index in [1.165, 1.54) is 17.8 Å². The molecule has 0 aromatic carbocycles. The van der Waals surface area contributed by atoms with Gasteiger partial charge in [-0.2, -0.15) is 11.3 Å². The number of rotatable bonds is 5. The lowest BCUT2D eigenvalue weighted by molar-refractivity contribution is -0.135. The number of carbonyl (C=O) groups is 2. The van der Waals surface area contributed by atoms with E-state index < -0.39 is 5.97 Å². The van der Waals surface area contributed by atoms with Crippen LogP contribution < -0.4 is 0 Å². The second kappa shape index (κ2) is 7.90. The third-order valence-electron chi connectivity index (χ3n) is 4.32. The van der Waals surface area contributed by atoms with Crippen molar-refractivity contribution in [2.45, 2.75) is 38.1 Å². The van der Waals surface area contributed by atoms with E-state index in [1.807, 2.05) is 16.8 Å². The normalized spacial score (nSPS) is 15.2. The number of esters is 1. The van der Waals surface area contributed by atoms with Gasteiger partial charge in [-0.15, -0.1) is 11.3 Å². The lowest BCUT2D eigenvalue weighted by Gasteiger charge is -2.31. The topological polar surface area (TPSA) is 59.5 Å². The molecule has 1 amide bonds. The standard InChI is InChI=1S/C17H20N2O3S2/c1-19(13-5-3-2-4-6-13)15(20)9-22-17(21)14-11-24-16(18-14)12-7-8-23-10-12/h7-8,10-11,13H,2-6,9H2,1H3. The van der Waals surface area contributed by atoms with Gasteiger partial charge in [0.1, 0.15) is 5.01 Å². The molecule has 0 N–H and O–H groups in total. The molecule has 3 rings (SSSR count). The molecule has 2 heterocycles. The molecule has 0 bridgehead atoms. The SMILES string of the molecule is CN(C(=O)COC(=O)c1csc(-c2ccsc2)n1)C1CCCCC1. The van der Waals surface area contributed by atoms with Crippen LogP contribution in [0.15, 0.2) is 22.2 Å². The Hall–Kier alpha value is -1.73. The van der Waals surface area contributed by atoms with Gasteiger partial charge < -0.3 is 9.64 Å². The average Bonchev–Trinajstić information content (AvgIpc) is 3.30. The fourth-order valence-electron chi connectivity index (χ4n) is 2.86. The van der Waals surface area contributed by atoms with Gasteiger partial charge in [0.15, 0.2) is 12.3 Å². The Morgan fingerprint density at radius 1 is 1.29 bits per heavy atom. The van der Waals surface area contributed by atoms with Crippen molar-refractivity contribution in [2.24, 2.45) is 0 Å². The molecular weight excluding hydrogens is 344 g/mol. The first kappa shape index (κ1) is 17.1. The van der Waals surface area contributed by atoms with E-state index in [1.54, 1.807) is 28.7 Å². The van der Waals surface area contributed by atoms with Crippen LogP contribution in [0.25, 0.3) is 10.6 Å². The summed E-state index contributed by atoms with van der Waals surface area (Å²) >= 11 is 2.98. The molecule has 5 nitrogen and oxygen atoms in total. The van der Waals surface area contributed by atoms with Crippen molar-refractivity contribution in [1.82, 2.24) is 9.88 Å². The highest BCUT2D eigenvalue weighted by atomic mass is 32.1. The maximum absolute atomic E-state index is 12.2. The lowest BCUT2D eigenvalue weighted by Crippen LogP contribution is -2.40. The monoisotopic (exact) mass is 364 g/mol. The Morgan fingerprint density at radius 3 is 2.79 bits per heavy atom. The number of hydrogen-bond acceptors (Lipinski definition) is 6. The number of carbonyl (C=O) groups excluding carboxylic acids is 2. The number of likely N-dealkylation sites (N-methyl/N-ethyl adjacent to an activating group) is 1. The molecule has 1 aliphatic carbocycles. The van der Waals surface area contributed by atoms with Crippen molar-refractivity contribution in [1.29, 1.82) is 0 Å². The summed E-state index contributed by atoms with van der Waals surface area (Å²) in [7, 11) is 1.80.